The molecule has 2 fully saturated rings. The minimum Gasteiger partial charge on any atom is -0.481 e. The van der Waals surface area contributed by atoms with E-state index in [0.29, 0.717) is 0 Å². The molecule has 0 spiro atoms. The number of fused-ring (bicyclic) bond motifs is 2. The lowest BCUT2D eigenvalue weighted by Gasteiger charge is -2.51. The summed E-state index contributed by atoms with van der Waals surface area (Å²) in [4.78, 5) is 16.6. The average molecular weight is 328 g/mol. The van der Waals surface area contributed by atoms with E-state index in [1.807, 2.05) is 18.2 Å². The number of rotatable bonds is 3. The minimum atomic E-state index is -0.623. The van der Waals surface area contributed by atoms with Crippen molar-refractivity contribution in [3.05, 3.63) is 36.1 Å². The number of para-hydroxylation sites is 1. The molecule has 0 radical (unpaired) electrons. The third-order valence-electron chi connectivity index (χ3n) is 5.89. The summed E-state index contributed by atoms with van der Waals surface area (Å²) in [7, 11) is 2.06. The second-order valence-electron chi connectivity index (χ2n) is 7.30. The Bertz CT molecular complexity index is 723. The van der Waals surface area contributed by atoms with Gasteiger partial charge < -0.3 is 14.4 Å². The first-order valence-electron chi connectivity index (χ1n) is 8.72. The molecule has 2 atom stereocenters. The third-order valence-corrected chi connectivity index (χ3v) is 5.89. The summed E-state index contributed by atoms with van der Waals surface area (Å²) < 4.78 is 5.93. The zero-order valence-corrected chi connectivity index (χ0v) is 14.1. The van der Waals surface area contributed by atoms with Crippen LogP contribution >= 0.6 is 0 Å². The molecule has 1 N–H and O–H groups in total. The first kappa shape index (κ1) is 15.7. The highest BCUT2D eigenvalue weighted by molar-refractivity contribution is 5.77. The number of benzene rings is 1. The highest BCUT2D eigenvalue weighted by Crippen LogP contribution is 2.42. The van der Waals surface area contributed by atoms with Gasteiger partial charge in [-0.05, 0) is 51.5 Å². The quantitative estimate of drug-likeness (QED) is 0.939. The summed E-state index contributed by atoms with van der Waals surface area (Å²) in [6, 6.07) is 10.2. The fraction of sp³-hybridized carbons (Fsp3) is 0.526. The summed E-state index contributed by atoms with van der Waals surface area (Å²) in [6.45, 7) is 3.33. The van der Waals surface area contributed by atoms with E-state index in [2.05, 4.69) is 29.0 Å². The summed E-state index contributed by atoms with van der Waals surface area (Å²) in [5, 5.41) is 11.0. The van der Waals surface area contributed by atoms with E-state index >= 15 is 0 Å². The van der Waals surface area contributed by atoms with Crippen LogP contribution in [0, 0.1) is 5.41 Å². The van der Waals surface area contributed by atoms with Gasteiger partial charge in [-0.1, -0.05) is 18.2 Å². The maximum absolute atomic E-state index is 12.0. The van der Waals surface area contributed by atoms with E-state index < -0.39 is 11.4 Å². The lowest BCUT2D eigenvalue weighted by Crippen LogP contribution is -2.62. The minimum absolute atomic E-state index is 0.0851. The summed E-state index contributed by atoms with van der Waals surface area (Å²) in [5.74, 6) is 0.333. The Morgan fingerprint density at radius 2 is 2.17 bits per heavy atom. The van der Waals surface area contributed by atoms with Crippen molar-refractivity contribution in [2.45, 2.75) is 31.8 Å². The SMILES string of the molecule is CN1CCC[C@]2(C(=O)O)CCN(Cc3cc4ccccc4o3)C[C@@H]12. The number of hydrogen-bond acceptors (Lipinski definition) is 4. The second-order valence-corrected chi connectivity index (χ2v) is 7.30. The van der Waals surface area contributed by atoms with Gasteiger partial charge in [-0.15, -0.1) is 0 Å². The number of hydrogen-bond donors (Lipinski definition) is 1. The number of carboxylic acid groups (broad SMARTS) is 1. The van der Waals surface area contributed by atoms with Crippen molar-refractivity contribution in [1.29, 1.82) is 0 Å². The highest BCUT2D eigenvalue weighted by atomic mass is 16.4. The van der Waals surface area contributed by atoms with Gasteiger partial charge in [0.2, 0.25) is 0 Å². The van der Waals surface area contributed by atoms with Crippen LogP contribution in [-0.4, -0.2) is 53.6 Å². The van der Waals surface area contributed by atoms with Crippen LogP contribution in [0.4, 0.5) is 0 Å². The molecule has 5 nitrogen and oxygen atoms in total. The summed E-state index contributed by atoms with van der Waals surface area (Å²) >= 11 is 0. The standard InChI is InChI=1S/C19H24N2O3/c1-20-9-4-7-19(18(22)23)8-10-21(13-17(19)20)12-15-11-14-5-2-3-6-16(14)24-15/h2-3,5-6,11,17H,4,7-10,12-13H2,1H3,(H,22,23)/t17-,19+/m1/s1. The van der Waals surface area contributed by atoms with Crippen molar-refractivity contribution in [2.24, 2.45) is 5.41 Å². The number of carbonyl (C=O) groups is 1. The van der Waals surface area contributed by atoms with E-state index in [1.54, 1.807) is 0 Å². The lowest BCUT2D eigenvalue weighted by molar-refractivity contribution is -0.162. The van der Waals surface area contributed by atoms with Crippen molar-refractivity contribution in [1.82, 2.24) is 9.80 Å². The van der Waals surface area contributed by atoms with Gasteiger partial charge in [0.15, 0.2) is 0 Å². The Labute approximate surface area is 141 Å². The monoisotopic (exact) mass is 328 g/mol. The predicted molar refractivity (Wildman–Crippen MR) is 91.8 cm³/mol. The van der Waals surface area contributed by atoms with Crippen molar-refractivity contribution in [2.75, 3.05) is 26.7 Å². The van der Waals surface area contributed by atoms with Gasteiger partial charge in [-0.25, -0.2) is 0 Å². The molecule has 2 aliphatic rings. The number of piperidine rings is 2. The fourth-order valence-corrected chi connectivity index (χ4v) is 4.52. The van der Waals surface area contributed by atoms with Gasteiger partial charge in [0.25, 0.3) is 0 Å². The molecule has 0 unspecified atom stereocenters. The summed E-state index contributed by atoms with van der Waals surface area (Å²) in [5.41, 5.74) is 0.344. The van der Waals surface area contributed by atoms with E-state index in [4.69, 9.17) is 4.42 Å². The number of nitrogens with zero attached hydrogens (tertiary/aromatic N) is 2. The molecular formula is C19H24N2O3. The van der Waals surface area contributed by atoms with Crippen molar-refractivity contribution >= 4 is 16.9 Å². The van der Waals surface area contributed by atoms with E-state index in [9.17, 15) is 9.90 Å². The lowest BCUT2D eigenvalue weighted by atomic mass is 9.68. The predicted octanol–water partition coefficient (Wildman–Crippen LogP) is 2.80. The molecule has 128 valence electrons. The molecule has 0 aliphatic carbocycles. The van der Waals surface area contributed by atoms with Gasteiger partial charge in [-0.3, -0.25) is 9.69 Å². The molecule has 2 saturated heterocycles. The van der Waals surface area contributed by atoms with Crippen LogP contribution in [0.1, 0.15) is 25.0 Å². The number of furan rings is 1. The van der Waals surface area contributed by atoms with Crippen LogP contribution in [0.25, 0.3) is 11.0 Å². The first-order valence-corrected chi connectivity index (χ1v) is 8.72. The first-order chi connectivity index (χ1) is 11.6. The van der Waals surface area contributed by atoms with E-state index in [-0.39, 0.29) is 6.04 Å². The smallest absolute Gasteiger partial charge is 0.311 e. The molecule has 3 heterocycles. The Morgan fingerprint density at radius 3 is 2.96 bits per heavy atom. The highest BCUT2D eigenvalue weighted by Gasteiger charge is 2.52. The Balaban J connectivity index is 1.53. The zero-order chi connectivity index (χ0) is 16.7. The number of likely N-dealkylation sites (N-methyl/N-ethyl adjacent to an activating group) is 1. The molecule has 24 heavy (non-hydrogen) atoms. The molecule has 5 heteroatoms. The van der Waals surface area contributed by atoms with Crippen LogP contribution in [0.3, 0.4) is 0 Å². The normalized spacial score (nSPS) is 28.8. The Hall–Kier alpha value is -1.85. The maximum atomic E-state index is 12.0. The van der Waals surface area contributed by atoms with Crippen LogP contribution in [0.15, 0.2) is 34.7 Å². The van der Waals surface area contributed by atoms with Crippen LogP contribution in [0.2, 0.25) is 0 Å². The fourth-order valence-electron chi connectivity index (χ4n) is 4.52. The average Bonchev–Trinajstić information content (AvgIpc) is 2.97. The molecule has 2 aliphatic heterocycles. The van der Waals surface area contributed by atoms with Crippen molar-refractivity contribution < 1.29 is 14.3 Å². The van der Waals surface area contributed by atoms with Gasteiger partial charge in [0.05, 0.1) is 12.0 Å². The molecule has 0 amide bonds. The Morgan fingerprint density at radius 1 is 1.33 bits per heavy atom. The van der Waals surface area contributed by atoms with Gasteiger partial charge in [0, 0.05) is 18.0 Å². The molecule has 0 saturated carbocycles. The van der Waals surface area contributed by atoms with E-state index in [0.717, 1.165) is 62.2 Å². The largest absolute Gasteiger partial charge is 0.481 e. The Kier molecular flexibility index (Phi) is 3.85. The van der Waals surface area contributed by atoms with Crippen LogP contribution in [-0.2, 0) is 11.3 Å². The van der Waals surface area contributed by atoms with E-state index in [1.165, 1.54) is 0 Å². The van der Waals surface area contributed by atoms with Gasteiger partial charge in [0.1, 0.15) is 11.3 Å². The van der Waals surface area contributed by atoms with Crippen molar-refractivity contribution in [3.63, 3.8) is 0 Å². The van der Waals surface area contributed by atoms with Gasteiger partial charge in [-0.2, -0.15) is 0 Å². The molecule has 1 aromatic heterocycles. The van der Waals surface area contributed by atoms with Crippen molar-refractivity contribution in [3.8, 4) is 0 Å². The molecule has 2 aromatic rings. The molecule has 1 aromatic carbocycles. The van der Waals surface area contributed by atoms with Crippen LogP contribution in [0.5, 0.6) is 0 Å². The maximum Gasteiger partial charge on any atom is 0.311 e. The molecular weight excluding hydrogens is 304 g/mol. The second kappa shape index (κ2) is 5.90. The topological polar surface area (TPSA) is 56.9 Å². The summed E-state index contributed by atoms with van der Waals surface area (Å²) in [6.07, 6.45) is 2.50. The third kappa shape index (κ3) is 2.52. The zero-order valence-electron chi connectivity index (χ0n) is 14.1. The molecule has 4 rings (SSSR count). The van der Waals surface area contributed by atoms with Crippen LogP contribution < -0.4 is 0 Å². The number of aliphatic carboxylic acids is 1. The number of likely N-dealkylation sites (tertiary alicyclic amines) is 2. The van der Waals surface area contributed by atoms with Gasteiger partial charge >= 0.3 is 5.97 Å². The molecule has 0 bridgehead atoms. The number of carboxylic acids is 1.